The number of fused-ring (bicyclic) bond motifs is 2. The van der Waals surface area contributed by atoms with Crippen LogP contribution in [0.3, 0.4) is 0 Å². The van der Waals surface area contributed by atoms with Gasteiger partial charge >= 0.3 is 0 Å². The standard InChI is InChI=1S/C34H47N3O5/c1-31(2,3)23-32(4,5)37-20-13-17-34-26(29(40)36(19-10-11-21-38)27(34)30(37)41)25-28(39)35(18-12-16-33(25,6)42-34)22-24-14-8-7-9-15-24/h7-9,12-17,25-27,38H,10-11,18-23H2,1-6H3/t25-,26+,27?,33+,34+/m1/s1. The summed E-state index contributed by atoms with van der Waals surface area (Å²) in [4.78, 5) is 48.9. The summed E-state index contributed by atoms with van der Waals surface area (Å²) < 4.78 is 6.96. The fourth-order valence-electron chi connectivity index (χ4n) is 8.09. The van der Waals surface area contributed by atoms with Gasteiger partial charge in [-0.05, 0) is 51.0 Å². The number of unbranched alkanes of at least 4 members (excludes halogenated alkanes) is 1. The van der Waals surface area contributed by atoms with Gasteiger partial charge in [0.05, 0.1) is 17.4 Å². The molecule has 228 valence electrons. The summed E-state index contributed by atoms with van der Waals surface area (Å²) in [5, 5.41) is 9.48. The molecule has 4 heterocycles. The van der Waals surface area contributed by atoms with Crippen LogP contribution in [-0.4, -0.2) is 86.6 Å². The van der Waals surface area contributed by atoms with Crippen LogP contribution in [0, 0.1) is 17.3 Å². The van der Waals surface area contributed by atoms with Gasteiger partial charge in [0, 0.05) is 38.3 Å². The Morgan fingerprint density at radius 2 is 1.60 bits per heavy atom. The molecular formula is C34H47N3O5. The maximum atomic E-state index is 14.7. The van der Waals surface area contributed by atoms with E-state index in [1.54, 1.807) is 9.80 Å². The molecule has 5 rings (SSSR count). The zero-order valence-electron chi connectivity index (χ0n) is 26.0. The summed E-state index contributed by atoms with van der Waals surface area (Å²) >= 11 is 0. The van der Waals surface area contributed by atoms with Gasteiger partial charge in [-0.1, -0.05) is 75.4 Å². The molecule has 0 radical (unpaired) electrons. The molecule has 5 atom stereocenters. The minimum Gasteiger partial charge on any atom is -0.396 e. The number of carbonyl (C=O) groups is 3. The van der Waals surface area contributed by atoms with Gasteiger partial charge in [0.2, 0.25) is 17.7 Å². The first kappa shape index (κ1) is 30.5. The highest BCUT2D eigenvalue weighted by atomic mass is 16.5. The normalized spacial score (nSPS) is 31.3. The van der Waals surface area contributed by atoms with Crippen molar-refractivity contribution in [2.75, 3.05) is 26.2 Å². The minimum atomic E-state index is -1.27. The molecule has 0 bridgehead atoms. The van der Waals surface area contributed by atoms with Crippen LogP contribution in [0.15, 0.2) is 54.6 Å². The summed E-state index contributed by atoms with van der Waals surface area (Å²) in [6.07, 6.45) is 9.62. The number of rotatable bonds is 8. The molecule has 4 aliphatic heterocycles. The number of benzene rings is 1. The maximum Gasteiger partial charge on any atom is 0.249 e. The Hall–Kier alpha value is -2.97. The fraction of sp³-hybridized carbons (Fsp3) is 0.618. The van der Waals surface area contributed by atoms with E-state index >= 15 is 0 Å². The predicted molar refractivity (Wildman–Crippen MR) is 161 cm³/mol. The van der Waals surface area contributed by atoms with E-state index in [0.717, 1.165) is 12.0 Å². The molecular weight excluding hydrogens is 530 g/mol. The first-order valence-corrected chi connectivity index (χ1v) is 15.4. The van der Waals surface area contributed by atoms with Crippen molar-refractivity contribution in [2.24, 2.45) is 17.3 Å². The molecule has 8 nitrogen and oxygen atoms in total. The van der Waals surface area contributed by atoms with Crippen molar-refractivity contribution in [3.05, 3.63) is 60.2 Å². The van der Waals surface area contributed by atoms with Crippen molar-refractivity contribution >= 4 is 17.7 Å². The van der Waals surface area contributed by atoms with Crippen molar-refractivity contribution < 1.29 is 24.2 Å². The lowest BCUT2D eigenvalue weighted by atomic mass is 9.74. The van der Waals surface area contributed by atoms with Crippen LogP contribution in [0.4, 0.5) is 0 Å². The molecule has 0 aromatic heterocycles. The quantitative estimate of drug-likeness (QED) is 0.374. The first-order chi connectivity index (χ1) is 19.7. The third kappa shape index (κ3) is 5.21. The van der Waals surface area contributed by atoms with Gasteiger partial charge in [0.25, 0.3) is 0 Å². The lowest BCUT2D eigenvalue weighted by Crippen LogP contribution is -2.60. The Labute approximate surface area is 250 Å². The van der Waals surface area contributed by atoms with Crippen LogP contribution in [0.5, 0.6) is 0 Å². The van der Waals surface area contributed by atoms with E-state index in [1.165, 1.54) is 0 Å². The van der Waals surface area contributed by atoms with Crippen molar-refractivity contribution in [2.45, 2.75) is 90.1 Å². The Morgan fingerprint density at radius 1 is 0.905 bits per heavy atom. The van der Waals surface area contributed by atoms with Crippen molar-refractivity contribution in [3.63, 3.8) is 0 Å². The Bertz CT molecular complexity index is 1270. The third-order valence-corrected chi connectivity index (χ3v) is 9.36. The van der Waals surface area contributed by atoms with E-state index in [2.05, 4.69) is 34.6 Å². The van der Waals surface area contributed by atoms with E-state index in [1.807, 2.05) is 66.5 Å². The first-order valence-electron chi connectivity index (χ1n) is 15.4. The zero-order chi connectivity index (χ0) is 30.5. The van der Waals surface area contributed by atoms with E-state index in [0.29, 0.717) is 39.0 Å². The number of likely N-dealkylation sites (tertiary alicyclic amines) is 1. The zero-order valence-corrected chi connectivity index (χ0v) is 26.0. The van der Waals surface area contributed by atoms with Crippen LogP contribution >= 0.6 is 0 Å². The number of aliphatic hydroxyl groups excluding tert-OH is 1. The lowest BCUT2D eigenvalue weighted by molar-refractivity contribution is -0.156. The van der Waals surface area contributed by atoms with Gasteiger partial charge in [0.15, 0.2) is 0 Å². The highest BCUT2D eigenvalue weighted by molar-refractivity contribution is 6.00. The third-order valence-electron chi connectivity index (χ3n) is 9.36. The number of ether oxygens (including phenoxy) is 1. The number of hydrogen-bond acceptors (Lipinski definition) is 5. The number of carbonyl (C=O) groups excluding carboxylic acids is 3. The summed E-state index contributed by atoms with van der Waals surface area (Å²) in [6.45, 7) is 14.1. The summed E-state index contributed by atoms with van der Waals surface area (Å²) in [5.41, 5.74) is -1.79. The SMILES string of the molecule is CC(C)(C)CC(C)(C)N1CC=C[C@]23O[C@@]4(C)C=CCN(Cc5ccccc5)C(=O)[C@H]4[C@H]2C(=O)N(CCCCO)C3C1=O. The van der Waals surface area contributed by atoms with E-state index in [-0.39, 0.29) is 29.7 Å². The second-order valence-corrected chi connectivity index (χ2v) is 14.5. The maximum absolute atomic E-state index is 14.7. The van der Waals surface area contributed by atoms with E-state index < -0.39 is 34.6 Å². The van der Waals surface area contributed by atoms with Gasteiger partial charge in [-0.2, -0.15) is 0 Å². The Kier molecular flexibility index (Phi) is 7.94. The predicted octanol–water partition coefficient (Wildman–Crippen LogP) is 3.94. The lowest BCUT2D eigenvalue weighted by Gasteiger charge is -2.44. The number of amides is 3. The van der Waals surface area contributed by atoms with Crippen LogP contribution in [-0.2, 0) is 25.7 Å². The van der Waals surface area contributed by atoms with Gasteiger partial charge in [-0.25, -0.2) is 0 Å². The molecule has 0 aliphatic carbocycles. The van der Waals surface area contributed by atoms with Crippen molar-refractivity contribution in [1.82, 2.24) is 14.7 Å². The largest absolute Gasteiger partial charge is 0.396 e. The summed E-state index contributed by atoms with van der Waals surface area (Å²) in [5.74, 6) is -2.10. The molecule has 2 fully saturated rings. The topological polar surface area (TPSA) is 90.4 Å². The highest BCUT2D eigenvalue weighted by Gasteiger charge is 2.74. The monoisotopic (exact) mass is 577 g/mol. The highest BCUT2D eigenvalue weighted by Crippen LogP contribution is 2.58. The average molecular weight is 578 g/mol. The number of aliphatic hydroxyl groups is 1. The smallest absolute Gasteiger partial charge is 0.249 e. The molecule has 1 aromatic rings. The Morgan fingerprint density at radius 3 is 2.26 bits per heavy atom. The second kappa shape index (κ2) is 10.9. The van der Waals surface area contributed by atoms with Crippen LogP contribution < -0.4 is 0 Å². The van der Waals surface area contributed by atoms with E-state index in [4.69, 9.17) is 4.74 Å². The van der Waals surface area contributed by atoms with E-state index in [9.17, 15) is 19.5 Å². The van der Waals surface area contributed by atoms with Crippen LogP contribution in [0.2, 0.25) is 0 Å². The van der Waals surface area contributed by atoms with Crippen molar-refractivity contribution in [1.29, 1.82) is 0 Å². The van der Waals surface area contributed by atoms with Crippen LogP contribution in [0.25, 0.3) is 0 Å². The molecule has 0 saturated carbocycles. The molecule has 1 unspecified atom stereocenters. The Balaban J connectivity index is 1.57. The van der Waals surface area contributed by atoms with Gasteiger partial charge in [-0.3, -0.25) is 14.4 Å². The molecule has 8 heteroatoms. The fourth-order valence-corrected chi connectivity index (χ4v) is 8.09. The van der Waals surface area contributed by atoms with Gasteiger partial charge < -0.3 is 24.5 Å². The molecule has 3 amide bonds. The molecule has 2 saturated heterocycles. The van der Waals surface area contributed by atoms with Gasteiger partial charge in [0.1, 0.15) is 11.6 Å². The van der Waals surface area contributed by atoms with Crippen molar-refractivity contribution in [3.8, 4) is 0 Å². The molecule has 1 spiro atoms. The second-order valence-electron chi connectivity index (χ2n) is 14.5. The minimum absolute atomic E-state index is 0.00871. The number of nitrogens with zero attached hydrogens (tertiary/aromatic N) is 3. The molecule has 4 aliphatic rings. The summed E-state index contributed by atoms with van der Waals surface area (Å²) in [7, 11) is 0. The van der Waals surface area contributed by atoms with Crippen LogP contribution in [0.1, 0.15) is 66.4 Å². The van der Waals surface area contributed by atoms with Gasteiger partial charge in [-0.15, -0.1) is 0 Å². The average Bonchev–Trinajstić information content (AvgIpc) is 3.16. The molecule has 42 heavy (non-hydrogen) atoms. The molecule has 1 aromatic carbocycles. The molecule has 1 N–H and O–H groups in total. The summed E-state index contributed by atoms with van der Waals surface area (Å²) in [6, 6.07) is 8.95. The number of hydrogen-bond donors (Lipinski definition) is 1.